The van der Waals surface area contributed by atoms with Gasteiger partial charge in [-0.2, -0.15) is 0 Å². The molecule has 0 atom stereocenters. The summed E-state index contributed by atoms with van der Waals surface area (Å²) in [7, 11) is 0. The maximum Gasteiger partial charge on any atom is 0.247 e. The van der Waals surface area contributed by atoms with Crippen LogP contribution in [0.15, 0.2) is 83.3 Å². The second-order valence-corrected chi connectivity index (χ2v) is 9.69. The number of piperidine rings is 1. The molecule has 0 radical (unpaired) electrons. The largest absolute Gasteiger partial charge is 0.508 e. The van der Waals surface area contributed by atoms with Crippen LogP contribution in [0, 0.1) is 0 Å². The monoisotopic (exact) mass is 451 g/mol. The van der Waals surface area contributed by atoms with Gasteiger partial charge in [-0.25, -0.2) is 0 Å². The third-order valence-corrected chi connectivity index (χ3v) is 7.41. The van der Waals surface area contributed by atoms with Gasteiger partial charge in [-0.15, -0.1) is 10.2 Å². The maximum absolute atomic E-state index is 10.3. The van der Waals surface area contributed by atoms with Crippen molar-refractivity contribution in [1.29, 1.82) is 0 Å². The molecule has 1 aliphatic carbocycles. The Morgan fingerprint density at radius 1 is 0.853 bits per heavy atom. The molecule has 0 amide bonds. The summed E-state index contributed by atoms with van der Waals surface area (Å²) < 4.78 is 5.91. The van der Waals surface area contributed by atoms with E-state index < -0.39 is 0 Å². The second-order valence-electron chi connectivity index (χ2n) is 9.69. The summed E-state index contributed by atoms with van der Waals surface area (Å²) in [5, 5.41) is 18.8. The van der Waals surface area contributed by atoms with Gasteiger partial charge < -0.3 is 9.52 Å². The number of hydrogen-bond acceptors (Lipinski definition) is 5. The highest BCUT2D eigenvalue weighted by atomic mass is 16.4. The second kappa shape index (κ2) is 8.73. The van der Waals surface area contributed by atoms with Crippen LogP contribution in [0.5, 0.6) is 5.75 Å². The molecule has 34 heavy (non-hydrogen) atoms. The van der Waals surface area contributed by atoms with Gasteiger partial charge >= 0.3 is 0 Å². The summed E-state index contributed by atoms with van der Waals surface area (Å²) in [6, 6.07) is 27.1. The molecule has 2 fully saturated rings. The summed E-state index contributed by atoms with van der Waals surface area (Å²) in [6.45, 7) is 2.97. The molecule has 4 aromatic rings. The van der Waals surface area contributed by atoms with Crippen molar-refractivity contribution in [3.8, 4) is 17.2 Å². The van der Waals surface area contributed by atoms with Gasteiger partial charge in [0.2, 0.25) is 11.8 Å². The van der Waals surface area contributed by atoms with Crippen LogP contribution in [-0.2, 0) is 12.0 Å². The highest BCUT2D eigenvalue weighted by Crippen LogP contribution is 2.44. The number of nitrogens with zero attached hydrogens (tertiary/aromatic N) is 3. The minimum atomic E-state index is -0.140. The van der Waals surface area contributed by atoms with E-state index in [-0.39, 0.29) is 5.41 Å². The smallest absolute Gasteiger partial charge is 0.247 e. The van der Waals surface area contributed by atoms with Gasteiger partial charge in [0.05, 0.1) is 0 Å². The first kappa shape index (κ1) is 21.1. The van der Waals surface area contributed by atoms with Crippen molar-refractivity contribution in [1.82, 2.24) is 15.1 Å². The normalized spacial score (nSPS) is 18.1. The Labute approximate surface area is 200 Å². The molecule has 5 heteroatoms. The van der Waals surface area contributed by atoms with Gasteiger partial charge in [0, 0.05) is 23.4 Å². The van der Waals surface area contributed by atoms with Crippen molar-refractivity contribution in [3.63, 3.8) is 0 Å². The molecule has 3 aromatic carbocycles. The lowest BCUT2D eigenvalue weighted by Gasteiger charge is -2.43. The van der Waals surface area contributed by atoms with E-state index in [1.54, 1.807) is 6.07 Å². The van der Waals surface area contributed by atoms with E-state index in [9.17, 15) is 5.11 Å². The summed E-state index contributed by atoms with van der Waals surface area (Å²) in [6.07, 6.45) is 4.28. The molecule has 0 bridgehead atoms. The number of benzene rings is 3. The molecule has 2 heterocycles. The Bertz CT molecular complexity index is 1250. The molecule has 0 unspecified atom stereocenters. The Morgan fingerprint density at radius 2 is 1.62 bits per heavy atom. The van der Waals surface area contributed by atoms with Gasteiger partial charge in [-0.3, -0.25) is 4.90 Å². The summed E-state index contributed by atoms with van der Waals surface area (Å²) in [5.74, 6) is 2.13. The van der Waals surface area contributed by atoms with Crippen molar-refractivity contribution in [2.24, 2.45) is 0 Å². The first-order chi connectivity index (χ1) is 16.7. The van der Waals surface area contributed by atoms with Crippen molar-refractivity contribution in [3.05, 3.63) is 101 Å². The Balaban J connectivity index is 1.28. The number of aromatic hydroxyl groups is 1. The quantitative estimate of drug-likeness (QED) is 0.395. The average molecular weight is 452 g/mol. The predicted octanol–water partition coefficient (Wildman–Crippen LogP) is 5.90. The molecule has 0 spiro atoms. The SMILES string of the molecule is Oc1cccc(C2(c3ccc(-c4nnc(C5CC5)o4)cc3)CCN(Cc3ccccc3)CC2)c1. The number of phenols is 1. The number of phenolic OH excluding ortho intramolecular Hbond substituents is 1. The fraction of sp³-hybridized carbons (Fsp3) is 0.310. The number of likely N-dealkylation sites (tertiary alicyclic amines) is 1. The lowest BCUT2D eigenvalue weighted by molar-refractivity contribution is 0.172. The predicted molar refractivity (Wildman–Crippen MR) is 132 cm³/mol. The van der Waals surface area contributed by atoms with Crippen molar-refractivity contribution < 1.29 is 9.52 Å². The summed E-state index contributed by atoms with van der Waals surface area (Å²) in [4.78, 5) is 2.53. The van der Waals surface area contributed by atoms with E-state index in [0.29, 0.717) is 17.6 Å². The molecular formula is C29H29N3O2. The van der Waals surface area contributed by atoms with Crippen molar-refractivity contribution >= 4 is 0 Å². The maximum atomic E-state index is 10.3. The zero-order valence-corrected chi connectivity index (χ0v) is 19.2. The van der Waals surface area contributed by atoms with E-state index in [1.807, 2.05) is 12.1 Å². The molecule has 172 valence electrons. The standard InChI is InChI=1S/C29H29N3O2/c33-26-8-4-7-25(19-26)29(15-17-32(18-16-29)20-21-5-2-1-3-6-21)24-13-11-23(12-14-24)28-31-30-27(34-28)22-9-10-22/h1-8,11-14,19,22,33H,9-10,15-18,20H2. The lowest BCUT2D eigenvalue weighted by Crippen LogP contribution is -2.43. The summed E-state index contributed by atoms with van der Waals surface area (Å²) in [5.41, 5.74) is 4.60. The van der Waals surface area contributed by atoms with Crippen molar-refractivity contribution in [2.45, 2.75) is 43.6 Å². The molecule has 1 aromatic heterocycles. The Kier molecular flexibility index (Phi) is 5.42. The molecular weight excluding hydrogens is 422 g/mol. The average Bonchev–Trinajstić information content (AvgIpc) is 3.62. The van der Waals surface area contributed by atoms with Gasteiger partial charge in [0.15, 0.2) is 0 Å². The zero-order valence-electron chi connectivity index (χ0n) is 19.2. The fourth-order valence-corrected chi connectivity index (χ4v) is 5.26. The van der Waals surface area contributed by atoms with Crippen LogP contribution < -0.4 is 0 Å². The van der Waals surface area contributed by atoms with Crippen LogP contribution in [0.3, 0.4) is 0 Å². The molecule has 1 aliphatic heterocycles. The van der Waals surface area contributed by atoms with E-state index in [0.717, 1.165) is 56.8 Å². The van der Waals surface area contributed by atoms with E-state index in [4.69, 9.17) is 4.42 Å². The molecule has 2 aliphatic rings. The van der Waals surface area contributed by atoms with Gasteiger partial charge in [-0.1, -0.05) is 54.6 Å². The summed E-state index contributed by atoms with van der Waals surface area (Å²) >= 11 is 0. The van der Waals surface area contributed by atoms with Gasteiger partial charge in [-0.05, 0) is 79.7 Å². The molecule has 1 saturated carbocycles. The highest BCUT2D eigenvalue weighted by molar-refractivity contribution is 5.55. The van der Waals surface area contributed by atoms with Crippen LogP contribution >= 0.6 is 0 Å². The third kappa shape index (κ3) is 4.12. The van der Waals surface area contributed by atoms with E-state index >= 15 is 0 Å². The number of hydrogen-bond donors (Lipinski definition) is 1. The zero-order chi connectivity index (χ0) is 23.0. The Hall–Kier alpha value is -3.44. The Morgan fingerprint density at radius 3 is 2.32 bits per heavy atom. The van der Waals surface area contributed by atoms with Gasteiger partial charge in [0.25, 0.3) is 0 Å². The van der Waals surface area contributed by atoms with Crippen LogP contribution in [0.1, 0.15) is 54.2 Å². The minimum absolute atomic E-state index is 0.140. The fourth-order valence-electron chi connectivity index (χ4n) is 5.26. The number of aromatic nitrogens is 2. The third-order valence-electron chi connectivity index (χ3n) is 7.41. The molecule has 1 N–H and O–H groups in total. The van der Waals surface area contributed by atoms with E-state index in [1.165, 1.54) is 16.7 Å². The number of rotatable bonds is 6. The molecule has 6 rings (SSSR count). The van der Waals surface area contributed by atoms with Crippen LogP contribution in [-0.4, -0.2) is 33.3 Å². The van der Waals surface area contributed by atoms with Crippen LogP contribution in [0.2, 0.25) is 0 Å². The first-order valence-corrected chi connectivity index (χ1v) is 12.2. The molecule has 5 nitrogen and oxygen atoms in total. The highest BCUT2D eigenvalue weighted by Gasteiger charge is 2.38. The van der Waals surface area contributed by atoms with Crippen molar-refractivity contribution in [2.75, 3.05) is 13.1 Å². The minimum Gasteiger partial charge on any atom is -0.508 e. The first-order valence-electron chi connectivity index (χ1n) is 12.2. The van der Waals surface area contributed by atoms with Gasteiger partial charge in [0.1, 0.15) is 5.75 Å². The van der Waals surface area contributed by atoms with Crippen LogP contribution in [0.25, 0.3) is 11.5 Å². The topological polar surface area (TPSA) is 62.4 Å². The van der Waals surface area contributed by atoms with Crippen LogP contribution in [0.4, 0.5) is 0 Å². The lowest BCUT2D eigenvalue weighted by atomic mass is 9.68. The van der Waals surface area contributed by atoms with E-state index in [2.05, 4.69) is 75.8 Å². The molecule has 1 saturated heterocycles.